The molecule has 0 spiro atoms. The van der Waals surface area contributed by atoms with Crippen LogP contribution in [0.1, 0.15) is 5.56 Å². The number of anilines is 1. The van der Waals surface area contributed by atoms with Crippen LogP contribution in [0.3, 0.4) is 0 Å². The van der Waals surface area contributed by atoms with Gasteiger partial charge in [0.05, 0.1) is 12.6 Å². The number of aliphatic hydroxyl groups is 1. The number of halogens is 1. The van der Waals surface area contributed by atoms with Gasteiger partial charge < -0.3 is 30.3 Å². The molecule has 1 atom stereocenters. The third-order valence-electron chi connectivity index (χ3n) is 5.26. The Morgan fingerprint density at radius 1 is 1.06 bits per heavy atom. The number of hydrogen-bond donors (Lipinski definition) is 4. The molecule has 0 saturated carbocycles. The van der Waals surface area contributed by atoms with Crippen LogP contribution in [0.5, 0.6) is 23.0 Å². The number of rotatable bonds is 9. The number of nitrogens with one attached hydrogen (secondary N) is 2. The normalized spacial score (nSPS) is 11.6. The molecule has 8 nitrogen and oxygen atoms in total. The van der Waals surface area contributed by atoms with E-state index in [0.717, 1.165) is 11.6 Å². The highest BCUT2D eigenvalue weighted by Crippen LogP contribution is 2.37. The zero-order valence-corrected chi connectivity index (χ0v) is 18.9. The van der Waals surface area contributed by atoms with Gasteiger partial charge in [0.25, 0.3) is 5.91 Å². The van der Waals surface area contributed by atoms with Gasteiger partial charge in [-0.25, -0.2) is 4.39 Å². The molecule has 4 rings (SSSR count). The SMILES string of the molecule is COc1cc2c(Oc3ccc(NC(O)C(=O)NCCc4ccccc4)cc3F)ccnc2cc1O. The molecule has 4 aromatic rings. The minimum absolute atomic E-state index is 0.0723. The van der Waals surface area contributed by atoms with Crippen LogP contribution in [0.15, 0.2) is 72.9 Å². The number of fused-ring (bicyclic) bond motifs is 1. The van der Waals surface area contributed by atoms with E-state index >= 15 is 0 Å². The number of carbonyl (C=O) groups excluding carboxylic acids is 1. The Bertz CT molecular complexity index is 1330. The van der Waals surface area contributed by atoms with Crippen LogP contribution in [-0.2, 0) is 11.2 Å². The van der Waals surface area contributed by atoms with Gasteiger partial charge in [-0.15, -0.1) is 0 Å². The minimum atomic E-state index is -1.55. The van der Waals surface area contributed by atoms with Crippen molar-refractivity contribution in [1.82, 2.24) is 10.3 Å². The lowest BCUT2D eigenvalue weighted by Gasteiger charge is -2.15. The summed E-state index contributed by atoms with van der Waals surface area (Å²) in [5.41, 5.74) is 1.71. The molecule has 0 radical (unpaired) electrons. The van der Waals surface area contributed by atoms with Crippen molar-refractivity contribution < 1.29 is 28.9 Å². The minimum Gasteiger partial charge on any atom is -0.504 e. The predicted molar refractivity (Wildman–Crippen MR) is 129 cm³/mol. The zero-order chi connectivity index (χ0) is 24.8. The van der Waals surface area contributed by atoms with Gasteiger partial charge >= 0.3 is 0 Å². The number of methoxy groups -OCH3 is 1. The molecule has 180 valence electrons. The average molecular weight is 477 g/mol. The second-order valence-electron chi connectivity index (χ2n) is 7.67. The molecule has 0 aliphatic carbocycles. The van der Waals surface area contributed by atoms with Gasteiger partial charge in [-0.05, 0) is 36.2 Å². The fraction of sp³-hybridized carbons (Fsp3) is 0.154. The van der Waals surface area contributed by atoms with Crippen LogP contribution in [0, 0.1) is 5.82 Å². The van der Waals surface area contributed by atoms with Gasteiger partial charge in [-0.2, -0.15) is 0 Å². The molecule has 35 heavy (non-hydrogen) atoms. The van der Waals surface area contributed by atoms with Crippen molar-refractivity contribution in [3.63, 3.8) is 0 Å². The van der Waals surface area contributed by atoms with Crippen molar-refractivity contribution in [2.45, 2.75) is 12.6 Å². The topological polar surface area (TPSA) is 113 Å². The number of ether oxygens (including phenoxy) is 2. The smallest absolute Gasteiger partial charge is 0.269 e. The molecule has 0 fully saturated rings. The number of carbonyl (C=O) groups is 1. The summed E-state index contributed by atoms with van der Waals surface area (Å²) in [5.74, 6) is -0.938. The van der Waals surface area contributed by atoms with E-state index in [1.807, 2.05) is 30.3 Å². The molecule has 1 heterocycles. The van der Waals surface area contributed by atoms with Gasteiger partial charge in [0.2, 0.25) is 6.23 Å². The number of phenolic OH excluding ortho intramolecular Hbond substituents is 1. The highest BCUT2D eigenvalue weighted by Gasteiger charge is 2.16. The van der Waals surface area contributed by atoms with Crippen molar-refractivity contribution in [3.05, 3.63) is 84.3 Å². The Morgan fingerprint density at radius 2 is 1.86 bits per heavy atom. The van der Waals surface area contributed by atoms with E-state index < -0.39 is 18.0 Å². The molecule has 0 aliphatic heterocycles. The number of hydrogen-bond acceptors (Lipinski definition) is 7. The molecule has 9 heteroatoms. The van der Waals surface area contributed by atoms with E-state index in [4.69, 9.17) is 9.47 Å². The predicted octanol–water partition coefficient (Wildman–Crippen LogP) is 3.97. The fourth-order valence-corrected chi connectivity index (χ4v) is 3.48. The molecule has 1 unspecified atom stereocenters. The van der Waals surface area contributed by atoms with Gasteiger partial charge in [-0.3, -0.25) is 9.78 Å². The van der Waals surface area contributed by atoms with E-state index in [0.29, 0.717) is 29.6 Å². The Kier molecular flexibility index (Phi) is 7.27. The standard InChI is InChI=1S/C26H24FN3O5/c1-34-24-14-18-20(15-21(24)31)28-12-10-22(18)35-23-8-7-17(13-19(23)27)30-26(33)25(32)29-11-9-16-5-3-2-4-6-16/h2-8,10,12-15,26,30-31,33H,9,11H2,1H3,(H,29,32). The van der Waals surface area contributed by atoms with Crippen LogP contribution < -0.4 is 20.1 Å². The van der Waals surface area contributed by atoms with E-state index in [9.17, 15) is 19.4 Å². The molecule has 3 aromatic carbocycles. The van der Waals surface area contributed by atoms with Crippen molar-refractivity contribution in [2.24, 2.45) is 0 Å². The summed E-state index contributed by atoms with van der Waals surface area (Å²) in [4.78, 5) is 16.3. The Balaban J connectivity index is 1.40. The summed E-state index contributed by atoms with van der Waals surface area (Å²) in [6.45, 7) is 0.352. The second kappa shape index (κ2) is 10.7. The maximum absolute atomic E-state index is 14.8. The van der Waals surface area contributed by atoms with Gasteiger partial charge in [0, 0.05) is 35.9 Å². The van der Waals surface area contributed by atoms with Gasteiger partial charge in [0.15, 0.2) is 23.1 Å². The van der Waals surface area contributed by atoms with Crippen LogP contribution in [0.4, 0.5) is 10.1 Å². The molecule has 1 amide bonds. The van der Waals surface area contributed by atoms with E-state index in [1.54, 1.807) is 12.1 Å². The Labute approximate surface area is 201 Å². The zero-order valence-electron chi connectivity index (χ0n) is 18.9. The van der Waals surface area contributed by atoms with E-state index in [-0.39, 0.29) is 22.9 Å². The van der Waals surface area contributed by atoms with Crippen LogP contribution >= 0.6 is 0 Å². The van der Waals surface area contributed by atoms with Crippen LogP contribution in [0.25, 0.3) is 10.9 Å². The quantitative estimate of drug-likeness (QED) is 0.270. The summed E-state index contributed by atoms with van der Waals surface area (Å²) >= 11 is 0. The lowest BCUT2D eigenvalue weighted by molar-refractivity contribution is -0.127. The summed E-state index contributed by atoms with van der Waals surface area (Å²) in [6, 6.07) is 18.1. The number of amides is 1. The first kappa shape index (κ1) is 23.8. The lowest BCUT2D eigenvalue weighted by Crippen LogP contribution is -2.40. The van der Waals surface area contributed by atoms with Crippen molar-refractivity contribution >= 4 is 22.5 Å². The fourth-order valence-electron chi connectivity index (χ4n) is 3.48. The van der Waals surface area contributed by atoms with Crippen LogP contribution in [-0.4, -0.2) is 41.0 Å². The van der Waals surface area contributed by atoms with Crippen molar-refractivity contribution in [2.75, 3.05) is 19.0 Å². The highest BCUT2D eigenvalue weighted by atomic mass is 19.1. The number of phenols is 1. The first-order chi connectivity index (χ1) is 16.9. The highest BCUT2D eigenvalue weighted by molar-refractivity contribution is 5.88. The number of aromatic nitrogens is 1. The van der Waals surface area contributed by atoms with Crippen molar-refractivity contribution in [1.29, 1.82) is 0 Å². The molecular formula is C26H24FN3O5. The number of pyridine rings is 1. The van der Waals surface area contributed by atoms with Gasteiger partial charge in [-0.1, -0.05) is 30.3 Å². The monoisotopic (exact) mass is 477 g/mol. The molecule has 0 saturated heterocycles. The van der Waals surface area contributed by atoms with Crippen LogP contribution in [0.2, 0.25) is 0 Å². The average Bonchev–Trinajstić information content (AvgIpc) is 2.86. The summed E-state index contributed by atoms with van der Waals surface area (Å²) in [7, 11) is 1.42. The van der Waals surface area contributed by atoms with Crippen molar-refractivity contribution in [3.8, 4) is 23.0 Å². The maximum atomic E-state index is 14.8. The summed E-state index contributed by atoms with van der Waals surface area (Å²) in [5, 5.41) is 25.8. The molecule has 0 bridgehead atoms. The molecular weight excluding hydrogens is 453 g/mol. The molecule has 0 aliphatic rings. The number of benzene rings is 3. The molecule has 4 N–H and O–H groups in total. The summed E-state index contributed by atoms with van der Waals surface area (Å²) in [6.07, 6.45) is 0.542. The second-order valence-corrected chi connectivity index (χ2v) is 7.67. The number of aliphatic hydroxyl groups excluding tert-OH is 1. The maximum Gasteiger partial charge on any atom is 0.269 e. The third-order valence-corrected chi connectivity index (χ3v) is 5.26. The Morgan fingerprint density at radius 3 is 2.60 bits per heavy atom. The number of nitrogens with zero attached hydrogens (tertiary/aromatic N) is 1. The largest absolute Gasteiger partial charge is 0.504 e. The first-order valence-electron chi connectivity index (χ1n) is 10.8. The lowest BCUT2D eigenvalue weighted by atomic mass is 10.1. The third kappa shape index (κ3) is 5.77. The van der Waals surface area contributed by atoms with E-state index in [2.05, 4.69) is 15.6 Å². The van der Waals surface area contributed by atoms with Gasteiger partial charge in [0.1, 0.15) is 5.75 Å². The van der Waals surface area contributed by atoms with E-state index in [1.165, 1.54) is 31.5 Å². The molecule has 1 aromatic heterocycles. The summed E-state index contributed by atoms with van der Waals surface area (Å²) < 4.78 is 25.6. The first-order valence-corrected chi connectivity index (χ1v) is 10.8. The number of aromatic hydroxyl groups is 1. The Hall–Kier alpha value is -4.37.